The molecule has 0 amide bonds. The van der Waals surface area contributed by atoms with Gasteiger partial charge in [0.15, 0.2) is 0 Å². The smallest absolute Gasteiger partial charge is 0.356 e. The second-order valence-electron chi connectivity index (χ2n) is 5.25. The van der Waals surface area contributed by atoms with Crippen molar-refractivity contribution in [2.45, 2.75) is 13.8 Å². The van der Waals surface area contributed by atoms with E-state index in [1.165, 1.54) is 12.3 Å². The van der Waals surface area contributed by atoms with E-state index in [2.05, 4.69) is 15.3 Å². The number of hydrogen-bond donors (Lipinski definition) is 2. The molecule has 0 saturated carbocycles. The third-order valence-electron chi connectivity index (χ3n) is 3.53. The van der Waals surface area contributed by atoms with Crippen LogP contribution in [0.2, 0.25) is 5.02 Å². The first-order valence-electron chi connectivity index (χ1n) is 7.36. The van der Waals surface area contributed by atoms with Crippen LogP contribution in [0.5, 0.6) is 0 Å². The molecule has 0 aliphatic rings. The van der Waals surface area contributed by atoms with Crippen LogP contribution < -0.4 is 5.32 Å². The number of esters is 1. The number of rotatable bonds is 4. The van der Waals surface area contributed by atoms with Crippen molar-refractivity contribution in [1.29, 1.82) is 0 Å². The quantitative estimate of drug-likeness (QED) is 0.678. The highest BCUT2D eigenvalue weighted by Crippen LogP contribution is 2.34. The maximum Gasteiger partial charge on any atom is 0.356 e. The van der Waals surface area contributed by atoms with Crippen LogP contribution in [0.15, 0.2) is 30.6 Å². The second kappa shape index (κ2) is 6.49. The lowest BCUT2D eigenvalue weighted by Gasteiger charge is -2.09. The first-order chi connectivity index (χ1) is 11.5. The van der Waals surface area contributed by atoms with E-state index in [4.69, 9.17) is 16.3 Å². The number of aromatic amines is 1. The molecule has 0 aliphatic carbocycles. The van der Waals surface area contributed by atoms with E-state index >= 15 is 0 Å². The molecule has 2 heterocycles. The highest BCUT2D eigenvalue weighted by atomic mass is 35.5. The van der Waals surface area contributed by atoms with E-state index in [-0.39, 0.29) is 18.0 Å². The number of ether oxygens (including phenoxy) is 1. The molecule has 3 aromatic rings. The number of anilines is 2. The largest absolute Gasteiger partial charge is 0.461 e. The molecule has 0 aliphatic heterocycles. The maximum absolute atomic E-state index is 14.2. The van der Waals surface area contributed by atoms with Gasteiger partial charge in [-0.15, -0.1) is 0 Å². The summed E-state index contributed by atoms with van der Waals surface area (Å²) in [5.74, 6) is -0.978. The Hall–Kier alpha value is -2.60. The lowest BCUT2D eigenvalue weighted by Crippen LogP contribution is -2.08. The van der Waals surface area contributed by atoms with Gasteiger partial charge < -0.3 is 15.0 Å². The molecule has 2 N–H and O–H groups in total. The van der Waals surface area contributed by atoms with Gasteiger partial charge in [-0.05, 0) is 31.5 Å². The van der Waals surface area contributed by atoms with Gasteiger partial charge in [-0.25, -0.2) is 9.18 Å². The Morgan fingerprint density at radius 2 is 2.21 bits per heavy atom. The third-order valence-corrected chi connectivity index (χ3v) is 3.82. The third kappa shape index (κ3) is 2.92. The van der Waals surface area contributed by atoms with Crippen LogP contribution >= 0.6 is 11.6 Å². The number of carbonyl (C=O) groups excluding carboxylic acids is 1. The average molecular weight is 348 g/mol. The van der Waals surface area contributed by atoms with Gasteiger partial charge in [0.25, 0.3) is 0 Å². The minimum Gasteiger partial charge on any atom is -0.461 e. The SMILES string of the molecule is CCOC(=O)c1[nH]c2c(Cl)cncc2c1Nc1ccc(C)cc1F. The number of nitrogens with zero attached hydrogens (tertiary/aromatic N) is 1. The number of aromatic nitrogens is 2. The Morgan fingerprint density at radius 3 is 2.92 bits per heavy atom. The van der Waals surface area contributed by atoms with Gasteiger partial charge in [-0.2, -0.15) is 0 Å². The van der Waals surface area contributed by atoms with E-state index in [9.17, 15) is 9.18 Å². The van der Waals surface area contributed by atoms with Crippen molar-refractivity contribution in [2.75, 3.05) is 11.9 Å². The van der Waals surface area contributed by atoms with E-state index in [0.717, 1.165) is 5.56 Å². The highest BCUT2D eigenvalue weighted by Gasteiger charge is 2.21. The van der Waals surface area contributed by atoms with E-state index in [1.54, 1.807) is 32.2 Å². The molecule has 0 radical (unpaired) electrons. The van der Waals surface area contributed by atoms with Gasteiger partial charge in [0, 0.05) is 17.8 Å². The molecule has 24 heavy (non-hydrogen) atoms. The zero-order valence-corrected chi connectivity index (χ0v) is 13.9. The van der Waals surface area contributed by atoms with Gasteiger partial charge in [0.05, 0.1) is 28.5 Å². The van der Waals surface area contributed by atoms with Gasteiger partial charge in [-0.3, -0.25) is 4.98 Å². The number of halogens is 2. The predicted octanol–water partition coefficient (Wildman–Crippen LogP) is 4.58. The standard InChI is InChI=1S/C17H15ClFN3O2/c1-3-24-17(23)16-15(10-7-20-8-11(18)14(10)22-16)21-13-5-4-9(2)6-12(13)19/h4-8,21-22H,3H2,1-2H3. The summed E-state index contributed by atoms with van der Waals surface area (Å²) in [6, 6.07) is 4.79. The number of aryl methyl sites for hydroxylation is 1. The molecule has 0 fully saturated rings. The molecule has 0 bridgehead atoms. The van der Waals surface area contributed by atoms with Crippen molar-refractivity contribution in [3.8, 4) is 0 Å². The Kier molecular flexibility index (Phi) is 4.40. The topological polar surface area (TPSA) is 67.0 Å². The Bertz CT molecular complexity index is 924. The first kappa shape index (κ1) is 16.3. The van der Waals surface area contributed by atoms with E-state index < -0.39 is 11.8 Å². The summed E-state index contributed by atoms with van der Waals surface area (Å²) in [5, 5.41) is 3.88. The van der Waals surface area contributed by atoms with Gasteiger partial charge in [0.1, 0.15) is 11.5 Å². The summed E-state index contributed by atoms with van der Waals surface area (Å²) in [4.78, 5) is 19.2. The number of hydrogen-bond acceptors (Lipinski definition) is 4. The monoisotopic (exact) mass is 347 g/mol. The fraction of sp³-hybridized carbons (Fsp3) is 0.176. The Labute approximate surface area is 142 Å². The lowest BCUT2D eigenvalue weighted by atomic mass is 10.2. The summed E-state index contributed by atoms with van der Waals surface area (Å²) in [6.07, 6.45) is 3.01. The number of H-pyrrole nitrogens is 1. The lowest BCUT2D eigenvalue weighted by molar-refractivity contribution is 0.0522. The molecule has 0 atom stereocenters. The molecule has 1 aromatic carbocycles. The van der Waals surface area contributed by atoms with Crippen LogP contribution in [0.1, 0.15) is 23.0 Å². The molecule has 5 nitrogen and oxygen atoms in total. The van der Waals surface area contributed by atoms with Crippen LogP contribution in [-0.2, 0) is 4.74 Å². The normalized spacial score (nSPS) is 10.8. The van der Waals surface area contributed by atoms with Crippen molar-refractivity contribution in [3.05, 3.63) is 52.7 Å². The molecule has 7 heteroatoms. The molecule has 0 unspecified atom stereocenters. The summed E-state index contributed by atoms with van der Waals surface area (Å²) in [5.41, 5.74) is 2.12. The number of benzene rings is 1. The number of nitrogens with one attached hydrogen (secondary N) is 2. The molecular formula is C17H15ClFN3O2. The summed E-state index contributed by atoms with van der Waals surface area (Å²) in [7, 11) is 0. The van der Waals surface area contributed by atoms with Gasteiger partial charge >= 0.3 is 5.97 Å². The van der Waals surface area contributed by atoms with E-state index in [1.807, 2.05) is 0 Å². The number of carbonyl (C=O) groups is 1. The summed E-state index contributed by atoms with van der Waals surface area (Å²) in [6.45, 7) is 3.73. The minimum absolute atomic E-state index is 0.168. The van der Waals surface area contributed by atoms with Crippen LogP contribution in [0, 0.1) is 12.7 Å². The fourth-order valence-electron chi connectivity index (χ4n) is 2.42. The number of pyridine rings is 1. The van der Waals surface area contributed by atoms with Crippen LogP contribution in [-0.4, -0.2) is 22.5 Å². The minimum atomic E-state index is -0.556. The molecule has 0 saturated heterocycles. The van der Waals surface area contributed by atoms with E-state index in [0.29, 0.717) is 21.6 Å². The van der Waals surface area contributed by atoms with Crippen molar-refractivity contribution >= 4 is 39.8 Å². The Morgan fingerprint density at radius 1 is 1.42 bits per heavy atom. The zero-order valence-electron chi connectivity index (χ0n) is 13.1. The van der Waals surface area contributed by atoms with Gasteiger partial charge in [0.2, 0.25) is 0 Å². The van der Waals surface area contributed by atoms with Crippen LogP contribution in [0.25, 0.3) is 10.9 Å². The molecule has 124 valence electrons. The highest BCUT2D eigenvalue weighted by molar-refractivity contribution is 6.35. The van der Waals surface area contributed by atoms with Crippen molar-refractivity contribution in [3.63, 3.8) is 0 Å². The van der Waals surface area contributed by atoms with Crippen LogP contribution in [0.4, 0.5) is 15.8 Å². The number of fused-ring (bicyclic) bond motifs is 1. The van der Waals surface area contributed by atoms with Crippen molar-refractivity contribution < 1.29 is 13.9 Å². The zero-order chi connectivity index (χ0) is 17.3. The molecular weight excluding hydrogens is 333 g/mol. The second-order valence-corrected chi connectivity index (χ2v) is 5.65. The van der Waals surface area contributed by atoms with Crippen LogP contribution in [0.3, 0.4) is 0 Å². The molecule has 3 rings (SSSR count). The first-order valence-corrected chi connectivity index (χ1v) is 7.74. The summed E-state index contributed by atoms with van der Waals surface area (Å²) < 4.78 is 19.2. The average Bonchev–Trinajstić information content (AvgIpc) is 2.90. The Balaban J connectivity index is 2.15. The van der Waals surface area contributed by atoms with Crippen molar-refractivity contribution in [2.24, 2.45) is 0 Å². The van der Waals surface area contributed by atoms with Crippen molar-refractivity contribution in [1.82, 2.24) is 9.97 Å². The fourth-order valence-corrected chi connectivity index (χ4v) is 2.62. The van der Waals surface area contributed by atoms with Gasteiger partial charge in [-0.1, -0.05) is 17.7 Å². The predicted molar refractivity (Wildman–Crippen MR) is 91.5 cm³/mol. The molecule has 2 aromatic heterocycles. The summed E-state index contributed by atoms with van der Waals surface area (Å²) >= 11 is 6.13. The maximum atomic E-state index is 14.2. The molecule has 0 spiro atoms.